The molecule has 3 rings (SSSR count). The fourth-order valence-electron chi connectivity index (χ4n) is 3.47. The summed E-state index contributed by atoms with van der Waals surface area (Å²) < 4.78 is 0. The van der Waals surface area contributed by atoms with Crippen molar-refractivity contribution in [1.29, 1.82) is 0 Å². The molecule has 0 spiro atoms. The van der Waals surface area contributed by atoms with Crippen LogP contribution < -0.4 is 10.6 Å². The molecule has 1 aliphatic rings. The normalized spacial score (nSPS) is 16.5. The Morgan fingerprint density at radius 3 is 2.58 bits per heavy atom. The van der Waals surface area contributed by atoms with Crippen LogP contribution in [0.15, 0.2) is 53.7 Å². The van der Waals surface area contributed by atoms with E-state index in [0.717, 1.165) is 18.2 Å². The molecule has 2 heterocycles. The van der Waals surface area contributed by atoms with Gasteiger partial charge in [-0.3, -0.25) is 14.9 Å². The number of benzene rings is 1. The Bertz CT molecular complexity index is 707. The van der Waals surface area contributed by atoms with Gasteiger partial charge in [0.2, 0.25) is 0 Å². The monoisotopic (exact) mass is 351 g/mol. The van der Waals surface area contributed by atoms with Gasteiger partial charge < -0.3 is 10.6 Å². The Hall–Kier alpha value is -2.40. The van der Waals surface area contributed by atoms with E-state index in [9.17, 15) is 0 Å². The maximum atomic E-state index is 4.44. The average molecular weight is 351 g/mol. The molecule has 0 aliphatic carbocycles. The molecule has 1 aromatic carbocycles. The molecule has 0 amide bonds. The minimum Gasteiger partial charge on any atom is -0.354 e. The molecule has 5 heteroatoms. The van der Waals surface area contributed by atoms with Crippen LogP contribution in [0.25, 0.3) is 0 Å². The molecule has 2 aromatic rings. The summed E-state index contributed by atoms with van der Waals surface area (Å²) in [6, 6.07) is 15.2. The fraction of sp³-hybridized carbons (Fsp3) is 0.429. The molecule has 0 radical (unpaired) electrons. The van der Waals surface area contributed by atoms with Gasteiger partial charge >= 0.3 is 0 Å². The molecule has 2 N–H and O–H groups in total. The molecule has 0 bridgehead atoms. The summed E-state index contributed by atoms with van der Waals surface area (Å²) >= 11 is 0. The first-order valence-electron chi connectivity index (χ1n) is 9.42. The van der Waals surface area contributed by atoms with Gasteiger partial charge in [0.25, 0.3) is 0 Å². The lowest BCUT2D eigenvalue weighted by atomic mass is 10.1. The summed E-state index contributed by atoms with van der Waals surface area (Å²) in [7, 11) is 1.81. The van der Waals surface area contributed by atoms with Gasteiger partial charge in [0.05, 0.1) is 18.3 Å². The van der Waals surface area contributed by atoms with Crippen molar-refractivity contribution >= 4 is 5.96 Å². The first-order valence-corrected chi connectivity index (χ1v) is 9.42. The Morgan fingerprint density at radius 1 is 1.12 bits per heavy atom. The van der Waals surface area contributed by atoms with Crippen LogP contribution in [0.5, 0.6) is 0 Å². The predicted octanol–water partition coefficient (Wildman–Crippen LogP) is 2.89. The average Bonchev–Trinajstić information content (AvgIpc) is 3.21. The lowest BCUT2D eigenvalue weighted by molar-refractivity contribution is 0.245. The summed E-state index contributed by atoms with van der Waals surface area (Å²) in [5.41, 5.74) is 3.60. The summed E-state index contributed by atoms with van der Waals surface area (Å²) in [6.45, 7) is 5.93. The quantitative estimate of drug-likeness (QED) is 0.621. The molecular formula is C21H29N5. The number of pyridine rings is 1. The largest absolute Gasteiger partial charge is 0.354 e. The number of nitrogens with zero attached hydrogens (tertiary/aromatic N) is 3. The van der Waals surface area contributed by atoms with Gasteiger partial charge in [-0.1, -0.05) is 36.4 Å². The van der Waals surface area contributed by atoms with Gasteiger partial charge in [-0.05, 0) is 50.0 Å². The Labute approximate surface area is 156 Å². The summed E-state index contributed by atoms with van der Waals surface area (Å²) in [5, 5.41) is 6.89. The number of nitrogens with one attached hydrogen (secondary N) is 2. The van der Waals surface area contributed by atoms with E-state index in [4.69, 9.17) is 0 Å². The fourth-order valence-corrected chi connectivity index (χ4v) is 3.47. The van der Waals surface area contributed by atoms with E-state index in [1.165, 1.54) is 37.1 Å². The number of aromatic nitrogens is 1. The second-order valence-corrected chi connectivity index (χ2v) is 6.74. The maximum absolute atomic E-state index is 4.44. The smallest absolute Gasteiger partial charge is 0.191 e. The van der Waals surface area contributed by atoms with Crippen LogP contribution >= 0.6 is 0 Å². The zero-order valence-electron chi connectivity index (χ0n) is 15.8. The number of aryl methyl sites for hydroxylation is 1. The van der Waals surface area contributed by atoms with Crippen LogP contribution in [0.1, 0.15) is 35.7 Å². The molecule has 26 heavy (non-hydrogen) atoms. The van der Waals surface area contributed by atoms with Crippen LogP contribution in [0.3, 0.4) is 0 Å². The zero-order chi connectivity index (χ0) is 18.2. The maximum Gasteiger partial charge on any atom is 0.191 e. The molecule has 1 aromatic heterocycles. The van der Waals surface area contributed by atoms with Crippen molar-refractivity contribution in [3.8, 4) is 0 Å². The van der Waals surface area contributed by atoms with Crippen molar-refractivity contribution in [1.82, 2.24) is 20.5 Å². The molecule has 0 saturated carbocycles. The highest BCUT2D eigenvalue weighted by Crippen LogP contribution is 2.24. The van der Waals surface area contributed by atoms with E-state index >= 15 is 0 Å². The number of aliphatic imine (C=N–C) groups is 1. The number of hydrogen-bond donors (Lipinski definition) is 2. The minimum atomic E-state index is 0.369. The summed E-state index contributed by atoms with van der Waals surface area (Å²) in [5.74, 6) is 0.815. The van der Waals surface area contributed by atoms with Crippen LogP contribution in [0, 0.1) is 6.92 Å². The number of likely N-dealkylation sites (tertiary alicyclic amines) is 1. The van der Waals surface area contributed by atoms with E-state index in [2.05, 4.69) is 68.8 Å². The molecular weight excluding hydrogens is 322 g/mol. The van der Waals surface area contributed by atoms with E-state index in [0.29, 0.717) is 12.6 Å². The van der Waals surface area contributed by atoms with E-state index < -0.39 is 0 Å². The molecule has 1 aliphatic heterocycles. The van der Waals surface area contributed by atoms with Crippen molar-refractivity contribution in [3.05, 3.63) is 65.5 Å². The predicted molar refractivity (Wildman–Crippen MR) is 107 cm³/mol. The second-order valence-electron chi connectivity index (χ2n) is 6.74. The molecule has 1 saturated heterocycles. The molecule has 1 atom stereocenters. The lowest BCUT2D eigenvalue weighted by Gasteiger charge is -2.29. The highest BCUT2D eigenvalue weighted by atomic mass is 15.2. The second kappa shape index (κ2) is 9.34. The third kappa shape index (κ3) is 4.82. The Morgan fingerprint density at radius 2 is 1.88 bits per heavy atom. The topological polar surface area (TPSA) is 52.6 Å². The first-order chi connectivity index (χ1) is 12.8. The van der Waals surface area contributed by atoms with Crippen LogP contribution in [-0.2, 0) is 6.54 Å². The van der Waals surface area contributed by atoms with Crippen molar-refractivity contribution in [3.63, 3.8) is 0 Å². The van der Waals surface area contributed by atoms with Crippen molar-refractivity contribution in [2.45, 2.75) is 32.4 Å². The Kier molecular flexibility index (Phi) is 6.61. The third-order valence-corrected chi connectivity index (χ3v) is 4.99. The van der Waals surface area contributed by atoms with Crippen molar-refractivity contribution < 1.29 is 0 Å². The first kappa shape index (κ1) is 18.4. The van der Waals surface area contributed by atoms with E-state index in [-0.39, 0.29) is 0 Å². The van der Waals surface area contributed by atoms with Gasteiger partial charge in [0.1, 0.15) is 0 Å². The third-order valence-electron chi connectivity index (χ3n) is 4.99. The highest BCUT2D eigenvalue weighted by Gasteiger charge is 2.23. The number of guanidine groups is 1. The van der Waals surface area contributed by atoms with Crippen LogP contribution in [0.2, 0.25) is 0 Å². The summed E-state index contributed by atoms with van der Waals surface area (Å²) in [6.07, 6.45) is 4.41. The van der Waals surface area contributed by atoms with Gasteiger partial charge in [-0.2, -0.15) is 0 Å². The number of hydrogen-bond acceptors (Lipinski definition) is 3. The minimum absolute atomic E-state index is 0.369. The SMILES string of the molecule is CN=C(NCc1ncccc1C)NCC(c1ccccc1)N1CCCC1. The molecule has 1 fully saturated rings. The van der Waals surface area contributed by atoms with E-state index in [1.54, 1.807) is 0 Å². The van der Waals surface area contributed by atoms with Crippen LogP contribution in [-0.4, -0.2) is 42.5 Å². The summed E-state index contributed by atoms with van der Waals surface area (Å²) in [4.78, 5) is 11.4. The standard InChI is InChI=1S/C21H29N5/c1-17-9-8-12-23-19(17)15-24-21(22-2)25-16-20(26-13-6-7-14-26)18-10-4-3-5-11-18/h3-5,8-12,20H,6-7,13-16H2,1-2H3,(H2,22,24,25). The zero-order valence-corrected chi connectivity index (χ0v) is 15.8. The molecule has 138 valence electrons. The van der Waals surface area contributed by atoms with Gasteiger partial charge in [-0.25, -0.2) is 0 Å². The van der Waals surface area contributed by atoms with Crippen molar-refractivity contribution in [2.75, 3.05) is 26.7 Å². The lowest BCUT2D eigenvalue weighted by Crippen LogP contribution is -2.42. The van der Waals surface area contributed by atoms with Gasteiger partial charge in [-0.15, -0.1) is 0 Å². The van der Waals surface area contributed by atoms with Gasteiger partial charge in [0, 0.05) is 19.8 Å². The van der Waals surface area contributed by atoms with Crippen molar-refractivity contribution in [2.24, 2.45) is 4.99 Å². The number of rotatable bonds is 6. The van der Waals surface area contributed by atoms with Gasteiger partial charge in [0.15, 0.2) is 5.96 Å². The highest BCUT2D eigenvalue weighted by molar-refractivity contribution is 5.79. The Balaban J connectivity index is 1.60. The van der Waals surface area contributed by atoms with E-state index in [1.807, 2.05) is 19.3 Å². The molecule has 5 nitrogen and oxygen atoms in total. The molecule has 1 unspecified atom stereocenters. The van der Waals surface area contributed by atoms with Crippen LogP contribution in [0.4, 0.5) is 0 Å².